The number of alkyl halides is 3. The summed E-state index contributed by atoms with van der Waals surface area (Å²) in [6.45, 7) is 6.13. The van der Waals surface area contributed by atoms with Crippen molar-refractivity contribution in [2.24, 2.45) is 5.92 Å². The molecule has 2 heterocycles. The van der Waals surface area contributed by atoms with Gasteiger partial charge in [-0.25, -0.2) is 4.98 Å². The van der Waals surface area contributed by atoms with E-state index in [9.17, 15) is 18.0 Å². The summed E-state index contributed by atoms with van der Waals surface area (Å²) in [5, 5.41) is 2.52. The summed E-state index contributed by atoms with van der Waals surface area (Å²) in [6, 6.07) is 13.3. The first-order valence-corrected chi connectivity index (χ1v) is 10.9. The second-order valence-corrected chi connectivity index (χ2v) is 8.59. The van der Waals surface area contributed by atoms with E-state index in [0.29, 0.717) is 19.5 Å². The molecule has 1 atom stereocenters. The van der Waals surface area contributed by atoms with E-state index in [0.717, 1.165) is 35.9 Å². The number of rotatable bonds is 5. The quantitative estimate of drug-likeness (QED) is 0.566. The van der Waals surface area contributed by atoms with Gasteiger partial charge >= 0.3 is 6.18 Å². The Labute approximate surface area is 185 Å². The van der Waals surface area contributed by atoms with Crippen LogP contribution >= 0.6 is 0 Å². The maximum Gasteiger partial charge on any atom is 0.418 e. The highest BCUT2D eigenvalue weighted by Gasteiger charge is 2.34. The predicted octanol–water partition coefficient (Wildman–Crippen LogP) is 5.49. The summed E-state index contributed by atoms with van der Waals surface area (Å²) < 4.78 is 42.0. The second kappa shape index (κ2) is 8.94. The number of benzene rings is 2. The van der Waals surface area contributed by atoms with Crippen LogP contribution in [0.3, 0.4) is 0 Å². The number of nitrogens with zero attached hydrogens (tertiary/aromatic N) is 3. The summed E-state index contributed by atoms with van der Waals surface area (Å²) in [6.07, 6.45) is -3.06. The van der Waals surface area contributed by atoms with Crippen LogP contribution in [0, 0.1) is 5.92 Å². The Hall–Kier alpha value is -2.87. The Morgan fingerprint density at radius 1 is 1.16 bits per heavy atom. The third-order valence-corrected chi connectivity index (χ3v) is 5.92. The van der Waals surface area contributed by atoms with E-state index in [1.165, 1.54) is 18.2 Å². The highest BCUT2D eigenvalue weighted by atomic mass is 19.4. The van der Waals surface area contributed by atoms with Crippen molar-refractivity contribution in [1.29, 1.82) is 0 Å². The van der Waals surface area contributed by atoms with Gasteiger partial charge in [0.1, 0.15) is 5.82 Å². The molecule has 170 valence electrons. The Morgan fingerprint density at radius 3 is 2.62 bits per heavy atom. The molecule has 2 aromatic carbocycles. The lowest BCUT2D eigenvalue weighted by Crippen LogP contribution is -2.41. The Morgan fingerprint density at radius 2 is 1.88 bits per heavy atom. The van der Waals surface area contributed by atoms with Crippen LogP contribution in [-0.2, 0) is 17.5 Å². The number of likely N-dealkylation sites (tertiary alicyclic amines) is 1. The van der Waals surface area contributed by atoms with Gasteiger partial charge in [0.05, 0.1) is 34.7 Å². The van der Waals surface area contributed by atoms with Crippen LogP contribution in [-0.4, -0.2) is 33.4 Å². The van der Waals surface area contributed by atoms with Gasteiger partial charge in [-0.2, -0.15) is 13.2 Å². The third kappa shape index (κ3) is 4.65. The van der Waals surface area contributed by atoms with E-state index in [-0.39, 0.29) is 23.6 Å². The number of aromatic nitrogens is 2. The normalized spacial score (nSPS) is 17.8. The SMILES string of the molecule is CC(C)n1c(CN2CCC[C@@H](C(=O)Nc3ccccc3C(F)(F)F)C2)nc2ccccc21. The van der Waals surface area contributed by atoms with E-state index in [1.54, 1.807) is 0 Å². The number of hydrogen-bond donors (Lipinski definition) is 1. The number of carbonyl (C=O) groups is 1. The maximum atomic E-state index is 13.3. The van der Waals surface area contributed by atoms with Gasteiger partial charge in [0.25, 0.3) is 0 Å². The van der Waals surface area contributed by atoms with Crippen molar-refractivity contribution in [1.82, 2.24) is 14.5 Å². The lowest BCUT2D eigenvalue weighted by molar-refractivity contribution is -0.137. The van der Waals surface area contributed by atoms with Gasteiger partial charge in [0, 0.05) is 12.6 Å². The first-order valence-electron chi connectivity index (χ1n) is 10.9. The molecule has 0 saturated carbocycles. The van der Waals surface area contributed by atoms with Crippen molar-refractivity contribution < 1.29 is 18.0 Å². The highest BCUT2D eigenvalue weighted by Crippen LogP contribution is 2.35. The van der Waals surface area contributed by atoms with Crippen LogP contribution < -0.4 is 5.32 Å². The number of amides is 1. The molecule has 1 N–H and O–H groups in total. The molecule has 0 bridgehead atoms. The zero-order chi connectivity index (χ0) is 22.9. The van der Waals surface area contributed by atoms with E-state index in [2.05, 4.69) is 34.7 Å². The van der Waals surface area contributed by atoms with Crippen molar-refractivity contribution in [3.8, 4) is 0 Å². The molecular formula is C24H27F3N4O. The van der Waals surface area contributed by atoms with Crippen LogP contribution in [0.4, 0.5) is 18.9 Å². The molecule has 1 aliphatic rings. The van der Waals surface area contributed by atoms with E-state index in [1.807, 2.05) is 18.2 Å². The van der Waals surface area contributed by atoms with Gasteiger partial charge in [0.2, 0.25) is 5.91 Å². The molecule has 0 aliphatic carbocycles. The fraction of sp³-hybridized carbons (Fsp3) is 0.417. The minimum atomic E-state index is -4.52. The molecule has 0 unspecified atom stereocenters. The van der Waals surface area contributed by atoms with Gasteiger partial charge in [-0.05, 0) is 57.5 Å². The molecule has 8 heteroatoms. The largest absolute Gasteiger partial charge is 0.418 e. The summed E-state index contributed by atoms with van der Waals surface area (Å²) in [4.78, 5) is 19.8. The second-order valence-electron chi connectivity index (χ2n) is 8.59. The molecule has 4 rings (SSSR count). The zero-order valence-corrected chi connectivity index (χ0v) is 18.2. The average Bonchev–Trinajstić information content (AvgIpc) is 3.11. The zero-order valence-electron chi connectivity index (χ0n) is 18.2. The molecule has 5 nitrogen and oxygen atoms in total. The Balaban J connectivity index is 1.49. The Kier molecular flexibility index (Phi) is 6.24. The van der Waals surface area contributed by atoms with Crippen molar-refractivity contribution in [2.75, 3.05) is 18.4 Å². The summed E-state index contributed by atoms with van der Waals surface area (Å²) >= 11 is 0. The van der Waals surface area contributed by atoms with E-state index in [4.69, 9.17) is 4.98 Å². The fourth-order valence-electron chi connectivity index (χ4n) is 4.47. The molecule has 0 spiro atoms. The number of imidazole rings is 1. The van der Waals surface area contributed by atoms with Crippen LogP contribution in [0.1, 0.15) is 44.1 Å². The molecule has 1 saturated heterocycles. The number of para-hydroxylation sites is 3. The molecule has 1 amide bonds. The number of anilines is 1. The maximum absolute atomic E-state index is 13.3. The molecule has 1 fully saturated rings. The number of fused-ring (bicyclic) bond motifs is 1. The van der Waals surface area contributed by atoms with Crippen LogP contribution in [0.25, 0.3) is 11.0 Å². The number of halogens is 3. The van der Waals surface area contributed by atoms with Crippen molar-refractivity contribution >= 4 is 22.6 Å². The minimum absolute atomic E-state index is 0.191. The molecule has 1 aromatic heterocycles. The standard InChI is InChI=1S/C24H27F3N4O/c1-16(2)31-21-12-6-5-11-20(21)28-22(31)15-30-13-7-8-17(14-30)23(32)29-19-10-4-3-9-18(19)24(25,26)27/h3-6,9-12,16-17H,7-8,13-15H2,1-2H3,(H,29,32)/t17-/m1/s1. The van der Waals surface area contributed by atoms with Gasteiger partial charge < -0.3 is 9.88 Å². The Bertz CT molecular complexity index is 1110. The van der Waals surface area contributed by atoms with Gasteiger partial charge in [-0.1, -0.05) is 24.3 Å². The number of carbonyl (C=O) groups excluding carboxylic acids is 1. The molecule has 3 aromatic rings. The van der Waals surface area contributed by atoms with Crippen molar-refractivity contribution in [3.63, 3.8) is 0 Å². The highest BCUT2D eigenvalue weighted by molar-refractivity contribution is 5.93. The lowest BCUT2D eigenvalue weighted by atomic mass is 9.96. The van der Waals surface area contributed by atoms with Gasteiger partial charge in [-0.3, -0.25) is 9.69 Å². The third-order valence-electron chi connectivity index (χ3n) is 5.92. The average molecular weight is 445 g/mol. The molecular weight excluding hydrogens is 417 g/mol. The monoisotopic (exact) mass is 444 g/mol. The first-order chi connectivity index (χ1) is 15.2. The molecule has 0 radical (unpaired) electrons. The number of piperidine rings is 1. The van der Waals surface area contributed by atoms with Crippen LogP contribution in [0.5, 0.6) is 0 Å². The lowest BCUT2D eigenvalue weighted by Gasteiger charge is -2.32. The van der Waals surface area contributed by atoms with Crippen molar-refractivity contribution in [2.45, 2.75) is 45.5 Å². The predicted molar refractivity (Wildman–Crippen MR) is 118 cm³/mol. The van der Waals surface area contributed by atoms with Gasteiger partial charge in [0.15, 0.2) is 0 Å². The van der Waals surface area contributed by atoms with Crippen LogP contribution in [0.15, 0.2) is 48.5 Å². The van der Waals surface area contributed by atoms with E-state index >= 15 is 0 Å². The molecule has 1 aliphatic heterocycles. The van der Waals surface area contributed by atoms with Gasteiger partial charge in [-0.15, -0.1) is 0 Å². The van der Waals surface area contributed by atoms with Crippen LogP contribution in [0.2, 0.25) is 0 Å². The first kappa shape index (κ1) is 22.3. The minimum Gasteiger partial charge on any atom is -0.325 e. The summed E-state index contributed by atoms with van der Waals surface area (Å²) in [5.41, 5.74) is 0.995. The smallest absolute Gasteiger partial charge is 0.325 e. The van der Waals surface area contributed by atoms with Crippen molar-refractivity contribution in [3.05, 3.63) is 59.9 Å². The topological polar surface area (TPSA) is 50.2 Å². The van der Waals surface area contributed by atoms with E-state index < -0.39 is 11.7 Å². The number of nitrogens with one attached hydrogen (secondary N) is 1. The summed E-state index contributed by atoms with van der Waals surface area (Å²) in [5.74, 6) is 0.190. The fourth-order valence-corrected chi connectivity index (χ4v) is 4.47. The molecule has 32 heavy (non-hydrogen) atoms. The number of hydrogen-bond acceptors (Lipinski definition) is 3. The summed E-state index contributed by atoms with van der Waals surface area (Å²) in [7, 11) is 0.